The smallest absolute Gasteiger partial charge is 0.325 e. The molecular weight excluding hydrogens is 324 g/mol. The van der Waals surface area contributed by atoms with Gasteiger partial charge in [-0.15, -0.1) is 0 Å². The summed E-state index contributed by atoms with van der Waals surface area (Å²) in [5.74, 6) is -0.682. The van der Waals surface area contributed by atoms with Gasteiger partial charge in [0.05, 0.1) is 22.3 Å². The Morgan fingerprint density at radius 3 is 2.64 bits per heavy atom. The van der Waals surface area contributed by atoms with Crippen LogP contribution in [0.5, 0.6) is 0 Å². The molecule has 0 aliphatic heterocycles. The number of ether oxygens (including phenoxy) is 1. The Hall–Kier alpha value is -1.66. The number of esters is 1. The number of aromatic nitrogens is 1. The highest BCUT2D eigenvalue weighted by Crippen LogP contribution is 2.25. The van der Waals surface area contributed by atoms with Gasteiger partial charge in [-0.1, -0.05) is 49.8 Å². The highest BCUT2D eigenvalue weighted by atomic mass is 35.5. The number of fused-ring (bicyclic) bond motifs is 1. The third-order valence-electron chi connectivity index (χ3n) is 3.01. The molecule has 0 aliphatic carbocycles. The maximum Gasteiger partial charge on any atom is 0.325 e. The fraction of sp³-hybridized carbons (Fsp3) is 0.400. The van der Waals surface area contributed by atoms with Crippen molar-refractivity contribution < 1.29 is 14.3 Å². The number of halogens is 1. The second-order valence-corrected chi connectivity index (χ2v) is 7.22. The first-order valence-electron chi connectivity index (χ1n) is 6.68. The molecule has 118 valence electrons. The second kappa shape index (κ2) is 6.22. The van der Waals surface area contributed by atoms with Crippen molar-refractivity contribution in [2.24, 2.45) is 10.4 Å². The van der Waals surface area contributed by atoms with Gasteiger partial charge in [-0.05, 0) is 12.1 Å². The van der Waals surface area contributed by atoms with E-state index >= 15 is 0 Å². The summed E-state index contributed by atoms with van der Waals surface area (Å²) in [6.07, 6.45) is 0. The maximum absolute atomic E-state index is 12.2. The van der Waals surface area contributed by atoms with E-state index in [1.807, 2.05) is 12.1 Å². The predicted molar refractivity (Wildman–Crippen MR) is 86.9 cm³/mol. The molecule has 1 aromatic heterocycles. The van der Waals surface area contributed by atoms with Gasteiger partial charge in [0.25, 0.3) is 5.91 Å². The van der Waals surface area contributed by atoms with Gasteiger partial charge < -0.3 is 9.30 Å². The standard InChI is InChI=1S/C15H17ClN2O3S/c1-15(2,3)13(20)17-14-18(8-11(19)21-4)12-9(16)6-5-7-10(12)22-14/h5-7H,8H2,1-4H3. The summed E-state index contributed by atoms with van der Waals surface area (Å²) in [6, 6.07) is 5.43. The average Bonchev–Trinajstić information content (AvgIpc) is 2.76. The van der Waals surface area contributed by atoms with Crippen LogP contribution in [0, 0.1) is 5.41 Å². The van der Waals surface area contributed by atoms with Crippen molar-refractivity contribution >= 4 is 45.0 Å². The summed E-state index contributed by atoms with van der Waals surface area (Å²) in [5.41, 5.74) is 0.0864. The Morgan fingerprint density at radius 1 is 1.36 bits per heavy atom. The number of para-hydroxylation sites is 1. The van der Waals surface area contributed by atoms with Gasteiger partial charge in [0, 0.05) is 5.41 Å². The molecule has 0 aliphatic rings. The molecule has 7 heteroatoms. The molecule has 0 saturated carbocycles. The topological polar surface area (TPSA) is 60.7 Å². The number of nitrogens with zero attached hydrogens (tertiary/aromatic N) is 2. The summed E-state index contributed by atoms with van der Waals surface area (Å²) < 4.78 is 7.20. The zero-order valence-corrected chi connectivity index (χ0v) is 14.4. The quantitative estimate of drug-likeness (QED) is 0.789. The molecule has 5 nitrogen and oxygen atoms in total. The van der Waals surface area contributed by atoms with Crippen molar-refractivity contribution in [3.8, 4) is 0 Å². The van der Waals surface area contributed by atoms with E-state index in [0.29, 0.717) is 15.3 Å². The molecule has 0 radical (unpaired) electrons. The van der Waals surface area contributed by atoms with Crippen molar-refractivity contribution in [3.63, 3.8) is 0 Å². The van der Waals surface area contributed by atoms with Crippen LogP contribution in [0.25, 0.3) is 10.2 Å². The SMILES string of the molecule is COC(=O)Cn1c(=NC(=O)C(C)(C)C)sc2cccc(Cl)c21. The largest absolute Gasteiger partial charge is 0.468 e. The second-order valence-electron chi connectivity index (χ2n) is 5.80. The van der Waals surface area contributed by atoms with E-state index in [0.717, 1.165) is 4.70 Å². The molecule has 0 unspecified atom stereocenters. The first kappa shape index (κ1) is 16.7. The number of carbonyl (C=O) groups excluding carboxylic acids is 2. The molecule has 0 N–H and O–H groups in total. The molecule has 22 heavy (non-hydrogen) atoms. The van der Waals surface area contributed by atoms with E-state index in [9.17, 15) is 9.59 Å². The molecule has 1 amide bonds. The molecule has 1 heterocycles. The van der Waals surface area contributed by atoms with E-state index in [4.69, 9.17) is 16.3 Å². The molecule has 0 atom stereocenters. The minimum Gasteiger partial charge on any atom is -0.468 e. The number of hydrogen-bond acceptors (Lipinski definition) is 4. The molecule has 0 bridgehead atoms. The van der Waals surface area contributed by atoms with Gasteiger partial charge in [0.15, 0.2) is 4.80 Å². The van der Waals surface area contributed by atoms with Crippen LogP contribution in [0.2, 0.25) is 5.02 Å². The zero-order valence-electron chi connectivity index (χ0n) is 12.8. The van der Waals surface area contributed by atoms with Gasteiger partial charge >= 0.3 is 5.97 Å². The van der Waals surface area contributed by atoms with E-state index in [-0.39, 0.29) is 12.5 Å². The first-order chi connectivity index (χ1) is 10.2. The minimum absolute atomic E-state index is 0.0451. The maximum atomic E-state index is 12.2. The van der Waals surface area contributed by atoms with Gasteiger partial charge in [0.2, 0.25) is 0 Å². The number of carbonyl (C=O) groups is 2. The summed E-state index contributed by atoms with van der Waals surface area (Å²) in [7, 11) is 1.32. The lowest BCUT2D eigenvalue weighted by Crippen LogP contribution is -2.26. The van der Waals surface area contributed by atoms with Crippen LogP contribution in [-0.4, -0.2) is 23.6 Å². The van der Waals surface area contributed by atoms with E-state index in [2.05, 4.69) is 4.99 Å². The lowest BCUT2D eigenvalue weighted by molar-refractivity contribution is -0.141. The number of benzene rings is 1. The predicted octanol–water partition coefficient (Wildman–Crippen LogP) is 3.00. The highest BCUT2D eigenvalue weighted by Gasteiger charge is 2.22. The van der Waals surface area contributed by atoms with Crippen LogP contribution in [0.3, 0.4) is 0 Å². The monoisotopic (exact) mass is 340 g/mol. The Balaban J connectivity index is 2.70. The van der Waals surface area contributed by atoms with Crippen LogP contribution < -0.4 is 4.80 Å². The number of hydrogen-bond donors (Lipinski definition) is 0. The number of rotatable bonds is 2. The van der Waals surface area contributed by atoms with Crippen molar-refractivity contribution in [2.45, 2.75) is 27.3 Å². The normalized spacial score (nSPS) is 12.7. The molecule has 1 aromatic carbocycles. The molecular formula is C15H17ClN2O3S. The van der Waals surface area contributed by atoms with E-state index in [1.54, 1.807) is 31.4 Å². The fourth-order valence-corrected chi connectivity index (χ4v) is 3.15. The van der Waals surface area contributed by atoms with Crippen molar-refractivity contribution in [3.05, 3.63) is 28.0 Å². The summed E-state index contributed by atoms with van der Waals surface area (Å²) >= 11 is 7.55. The van der Waals surface area contributed by atoms with E-state index in [1.165, 1.54) is 18.4 Å². The minimum atomic E-state index is -0.594. The molecule has 2 aromatic rings. The van der Waals surface area contributed by atoms with Gasteiger partial charge in [-0.25, -0.2) is 0 Å². The van der Waals surface area contributed by atoms with Gasteiger partial charge in [-0.2, -0.15) is 4.99 Å². The fourth-order valence-electron chi connectivity index (χ4n) is 1.77. The van der Waals surface area contributed by atoms with E-state index < -0.39 is 11.4 Å². The molecule has 2 rings (SSSR count). The molecule has 0 spiro atoms. The Bertz CT molecular complexity index is 799. The number of methoxy groups -OCH3 is 1. The Kier molecular flexibility index (Phi) is 4.72. The van der Waals surface area contributed by atoms with Gasteiger partial charge in [0.1, 0.15) is 6.54 Å². The Morgan fingerprint density at radius 2 is 2.05 bits per heavy atom. The average molecular weight is 341 g/mol. The van der Waals surface area contributed by atoms with Crippen molar-refractivity contribution in [1.29, 1.82) is 0 Å². The first-order valence-corrected chi connectivity index (χ1v) is 7.87. The Labute approximate surface area is 137 Å². The number of thiazole rings is 1. The molecule has 0 fully saturated rings. The van der Waals surface area contributed by atoms with Crippen LogP contribution in [0.4, 0.5) is 0 Å². The van der Waals surface area contributed by atoms with Crippen LogP contribution >= 0.6 is 22.9 Å². The third-order valence-corrected chi connectivity index (χ3v) is 4.35. The lowest BCUT2D eigenvalue weighted by Gasteiger charge is -2.12. The summed E-state index contributed by atoms with van der Waals surface area (Å²) in [4.78, 5) is 28.5. The lowest BCUT2D eigenvalue weighted by atomic mass is 9.96. The summed E-state index contributed by atoms with van der Waals surface area (Å²) in [6.45, 7) is 5.34. The van der Waals surface area contributed by atoms with Gasteiger partial charge in [-0.3, -0.25) is 9.59 Å². The highest BCUT2D eigenvalue weighted by molar-refractivity contribution is 7.16. The van der Waals surface area contributed by atoms with Crippen molar-refractivity contribution in [1.82, 2.24) is 4.57 Å². The van der Waals surface area contributed by atoms with Crippen LogP contribution in [-0.2, 0) is 20.9 Å². The van der Waals surface area contributed by atoms with Crippen LogP contribution in [0.15, 0.2) is 23.2 Å². The zero-order chi connectivity index (χ0) is 16.5. The van der Waals surface area contributed by atoms with Crippen LogP contribution in [0.1, 0.15) is 20.8 Å². The summed E-state index contributed by atoms with van der Waals surface area (Å²) in [5, 5.41) is 0.502. The number of amides is 1. The van der Waals surface area contributed by atoms with Crippen molar-refractivity contribution in [2.75, 3.05) is 7.11 Å². The third kappa shape index (κ3) is 3.39. The molecule has 0 saturated heterocycles.